The minimum absolute atomic E-state index is 0. The van der Waals surface area contributed by atoms with Gasteiger partial charge in [-0.15, -0.1) is 0 Å². The molecule has 0 aliphatic carbocycles. The molecule has 0 spiro atoms. The normalized spacial score (nSPS) is 13.8. The summed E-state index contributed by atoms with van der Waals surface area (Å²) < 4.78 is 1.90. The molecule has 2 N–H and O–H groups in total. The van der Waals surface area contributed by atoms with Crippen LogP contribution in [0.15, 0.2) is 0 Å². The molecule has 106 valence electrons. The van der Waals surface area contributed by atoms with Crippen molar-refractivity contribution in [1.29, 1.82) is 0 Å². The van der Waals surface area contributed by atoms with Gasteiger partial charge in [0.15, 0.2) is 0 Å². The zero-order valence-electron chi connectivity index (χ0n) is 13.6. The van der Waals surface area contributed by atoms with Crippen LogP contribution in [-0.2, 0) is 0 Å². The molecule has 0 unspecified atom stereocenters. The monoisotopic (exact) mass is 440 g/mol. The third-order valence-corrected chi connectivity index (χ3v) is 22.2. The van der Waals surface area contributed by atoms with Gasteiger partial charge < -0.3 is 5.48 Å². The van der Waals surface area contributed by atoms with Crippen molar-refractivity contribution in [3.63, 3.8) is 0 Å². The van der Waals surface area contributed by atoms with Crippen molar-refractivity contribution in [3.05, 3.63) is 0 Å². The molecule has 0 aromatic rings. The fourth-order valence-electron chi connectivity index (χ4n) is 2.93. The Morgan fingerprint density at radius 1 is 0.588 bits per heavy atom. The summed E-state index contributed by atoms with van der Waals surface area (Å²) in [6.07, 6.45) is 4.08. The summed E-state index contributed by atoms with van der Waals surface area (Å²) in [5.74, 6) is 0. The third kappa shape index (κ3) is 4.79. The minimum Gasteiger partial charge on any atom is -0.412 e. The van der Waals surface area contributed by atoms with Crippen LogP contribution in [0.5, 0.6) is 0 Å². The largest absolute Gasteiger partial charge is 0.412 e. The molecule has 0 aliphatic rings. The van der Waals surface area contributed by atoms with Crippen molar-refractivity contribution in [2.45, 2.75) is 90.9 Å². The van der Waals surface area contributed by atoms with Gasteiger partial charge in [-0.2, -0.15) is 0 Å². The van der Waals surface area contributed by atoms with Crippen LogP contribution in [-0.4, -0.2) is 27.2 Å². The summed E-state index contributed by atoms with van der Waals surface area (Å²) in [5.41, 5.74) is 0. The van der Waals surface area contributed by atoms with E-state index in [0.29, 0.717) is 9.37 Å². The molecule has 0 radical (unpaired) electrons. The average molecular weight is 440 g/mol. The van der Waals surface area contributed by atoms with Gasteiger partial charge in [-0.05, 0) is 0 Å². The molecule has 0 aliphatic heterocycles. The molecule has 2 heteroatoms. The van der Waals surface area contributed by atoms with E-state index in [1.165, 1.54) is 19.3 Å². The van der Waals surface area contributed by atoms with E-state index in [0.717, 1.165) is 0 Å². The van der Waals surface area contributed by atoms with Crippen molar-refractivity contribution in [3.8, 4) is 0 Å². The molecule has 0 rings (SSSR count). The second kappa shape index (κ2) is 6.85. The predicted molar refractivity (Wildman–Crippen MR) is 82.4 cm³/mol. The summed E-state index contributed by atoms with van der Waals surface area (Å²) in [4.78, 5) is 0. The number of hydrogen-bond acceptors (Lipinski definition) is 0. The Morgan fingerprint density at radius 2 is 0.765 bits per heavy atom. The summed E-state index contributed by atoms with van der Waals surface area (Å²) in [6.45, 7) is 22.4. The van der Waals surface area contributed by atoms with Gasteiger partial charge >= 0.3 is 113 Å². The van der Waals surface area contributed by atoms with E-state index in [2.05, 4.69) is 62.3 Å². The van der Waals surface area contributed by atoms with Crippen molar-refractivity contribution < 1.29 is 5.48 Å². The van der Waals surface area contributed by atoms with Gasteiger partial charge in [0, 0.05) is 0 Å². The first-order chi connectivity index (χ1) is 7.05. The van der Waals surface area contributed by atoms with Crippen LogP contribution in [0, 0.1) is 0 Å². The number of rotatable bonds is 6. The van der Waals surface area contributed by atoms with Crippen LogP contribution < -0.4 is 0 Å². The Balaban J connectivity index is 0. The second-order valence-corrected chi connectivity index (χ2v) is 23.6. The average Bonchev–Trinajstić information content (AvgIpc) is 2.16. The fourth-order valence-corrected chi connectivity index (χ4v) is 25.7. The van der Waals surface area contributed by atoms with Gasteiger partial charge in [0.05, 0.1) is 0 Å². The molecule has 0 amide bonds. The summed E-state index contributed by atoms with van der Waals surface area (Å²) >= 11 is -1.62. The first kappa shape index (κ1) is 20.2. The van der Waals surface area contributed by atoms with Crippen LogP contribution in [0.1, 0.15) is 81.6 Å². The van der Waals surface area contributed by atoms with Crippen molar-refractivity contribution in [1.82, 2.24) is 0 Å². The molecule has 0 heterocycles. The topological polar surface area (TPSA) is 31.5 Å². The Kier molecular flexibility index (Phi) is 8.13. The Morgan fingerprint density at radius 3 is 0.882 bits per heavy atom. The zero-order valence-corrected chi connectivity index (χ0v) is 17.0. The molecule has 0 aromatic heterocycles. The quantitative estimate of drug-likeness (QED) is 0.507. The van der Waals surface area contributed by atoms with E-state index in [9.17, 15) is 0 Å². The minimum atomic E-state index is -1.62. The van der Waals surface area contributed by atoms with E-state index in [-0.39, 0.29) is 5.48 Å². The maximum Gasteiger partial charge on any atom is -0.412 e. The summed E-state index contributed by atoms with van der Waals surface area (Å²) in [6, 6.07) is 0. The second-order valence-electron chi connectivity index (χ2n) is 6.83. The first-order valence-electron chi connectivity index (χ1n) is 6.85. The molecule has 0 fully saturated rings. The number of hydrogen-bond donors (Lipinski definition) is 0. The molecule has 17 heavy (non-hydrogen) atoms. The van der Waals surface area contributed by atoms with Gasteiger partial charge in [0.2, 0.25) is 0 Å². The molecular formula is C15H35BiO. The molecule has 0 atom stereocenters. The van der Waals surface area contributed by atoms with Crippen LogP contribution in [0.4, 0.5) is 0 Å². The van der Waals surface area contributed by atoms with Crippen LogP contribution in [0.25, 0.3) is 0 Å². The van der Waals surface area contributed by atoms with E-state index < -0.39 is 21.8 Å². The van der Waals surface area contributed by atoms with Gasteiger partial charge in [0.25, 0.3) is 0 Å². The van der Waals surface area contributed by atoms with E-state index in [1.807, 2.05) is 0 Å². The third-order valence-electron chi connectivity index (χ3n) is 4.41. The first-order valence-corrected chi connectivity index (χ1v) is 12.1. The maximum atomic E-state index is 2.54. The maximum absolute atomic E-state index is 2.54. The summed E-state index contributed by atoms with van der Waals surface area (Å²) in [5, 5.41) is 0. The van der Waals surface area contributed by atoms with Gasteiger partial charge in [-0.1, -0.05) is 0 Å². The molecular weight excluding hydrogens is 405 g/mol. The molecule has 0 saturated heterocycles. The fraction of sp³-hybridized carbons (Fsp3) is 1.00. The Hall–Kier alpha value is 0.843. The van der Waals surface area contributed by atoms with E-state index in [1.54, 1.807) is 0 Å². The molecule has 0 aromatic carbocycles. The Labute approximate surface area is 118 Å². The van der Waals surface area contributed by atoms with Crippen LogP contribution >= 0.6 is 0 Å². The Bertz CT molecular complexity index is 181. The zero-order chi connectivity index (χ0) is 13.2. The van der Waals surface area contributed by atoms with Crippen molar-refractivity contribution in [2.75, 3.05) is 0 Å². The molecule has 0 saturated carbocycles. The summed E-state index contributed by atoms with van der Waals surface area (Å²) in [7, 11) is 0. The van der Waals surface area contributed by atoms with Crippen molar-refractivity contribution >= 4 is 21.8 Å². The molecule has 1 nitrogen and oxygen atoms in total. The van der Waals surface area contributed by atoms with Gasteiger partial charge in [0.1, 0.15) is 0 Å². The predicted octanol–water partition coefficient (Wildman–Crippen LogP) is 5.23. The smallest absolute Gasteiger partial charge is 0.412 e. The SMILES string of the molecule is CC[C](C)(C)[Bi]([C](C)(C)CC)[C](C)(C)CC.O. The van der Waals surface area contributed by atoms with Crippen molar-refractivity contribution in [2.24, 2.45) is 0 Å². The van der Waals surface area contributed by atoms with E-state index in [4.69, 9.17) is 0 Å². The van der Waals surface area contributed by atoms with Crippen LogP contribution in [0.3, 0.4) is 0 Å². The molecule has 0 bridgehead atoms. The van der Waals surface area contributed by atoms with Crippen LogP contribution in [0.2, 0.25) is 9.37 Å². The van der Waals surface area contributed by atoms with E-state index >= 15 is 0 Å². The van der Waals surface area contributed by atoms with Gasteiger partial charge in [-0.3, -0.25) is 0 Å². The standard InChI is InChI=1S/3C5H11.Bi.H2O/c3*1-4-5(2)3;;/h3*4H2,1-3H3;;1H2. The van der Waals surface area contributed by atoms with Gasteiger partial charge in [-0.25, -0.2) is 0 Å².